The summed E-state index contributed by atoms with van der Waals surface area (Å²) in [7, 11) is -4.24. The molecule has 0 aliphatic heterocycles. The van der Waals surface area contributed by atoms with Gasteiger partial charge < -0.3 is 0 Å². The van der Waals surface area contributed by atoms with Gasteiger partial charge in [-0.05, 0) is 65.8 Å². The zero-order valence-electron chi connectivity index (χ0n) is 17.8. The highest BCUT2D eigenvalue weighted by Crippen LogP contribution is 2.32. The van der Waals surface area contributed by atoms with Gasteiger partial charge in [-0.3, -0.25) is 9.59 Å². The van der Waals surface area contributed by atoms with Crippen molar-refractivity contribution < 1.29 is 22.4 Å². The van der Waals surface area contributed by atoms with E-state index >= 15 is 0 Å². The highest BCUT2D eigenvalue weighted by atomic mass is 35.5. The molecule has 0 aromatic heterocycles. The number of sulfone groups is 1. The summed E-state index contributed by atoms with van der Waals surface area (Å²) < 4.78 is 39.6. The highest BCUT2D eigenvalue weighted by Gasteiger charge is 2.26. The zero-order valence-corrected chi connectivity index (χ0v) is 19.3. The molecule has 0 spiro atoms. The standard InChI is InChI=1S/C23H26ClFO4S/c1-13(2)19-9-17(24)10-20(14(3)4)21(19)11-18(27)12-30(28,29)23-8-16(15(5)26)6-7-22(23)25/h6-10,13-14H,11-12H2,1-5H3. The minimum absolute atomic E-state index is 0.0734. The molecule has 162 valence electrons. The van der Waals surface area contributed by atoms with Gasteiger partial charge in [0.15, 0.2) is 21.4 Å². The number of carbonyl (C=O) groups excluding carboxylic acids is 2. The number of halogens is 2. The van der Waals surface area contributed by atoms with Crippen LogP contribution in [0.2, 0.25) is 5.02 Å². The summed E-state index contributed by atoms with van der Waals surface area (Å²) >= 11 is 6.24. The van der Waals surface area contributed by atoms with Gasteiger partial charge in [0.1, 0.15) is 16.5 Å². The first-order valence-corrected chi connectivity index (χ1v) is 11.7. The molecule has 0 heterocycles. The number of Topliss-reactive ketones (excluding diaryl/α,β-unsaturated/α-hetero) is 2. The molecule has 0 aliphatic carbocycles. The Morgan fingerprint density at radius 1 is 1.00 bits per heavy atom. The number of hydrogen-bond acceptors (Lipinski definition) is 4. The fourth-order valence-electron chi connectivity index (χ4n) is 3.41. The Hall–Kier alpha value is -2.05. The first-order valence-electron chi connectivity index (χ1n) is 9.70. The maximum absolute atomic E-state index is 14.2. The van der Waals surface area contributed by atoms with Gasteiger partial charge in [0.25, 0.3) is 0 Å². The summed E-state index contributed by atoms with van der Waals surface area (Å²) in [5.41, 5.74) is 2.62. The van der Waals surface area contributed by atoms with Crippen LogP contribution < -0.4 is 0 Å². The molecule has 0 unspecified atom stereocenters. The molecule has 2 aromatic carbocycles. The molecule has 0 fully saturated rings. The summed E-state index contributed by atoms with van der Waals surface area (Å²) in [6.07, 6.45) is -0.0918. The number of ketones is 2. The topological polar surface area (TPSA) is 68.3 Å². The van der Waals surface area contributed by atoms with Crippen LogP contribution in [0.25, 0.3) is 0 Å². The average Bonchev–Trinajstić information content (AvgIpc) is 2.61. The first-order chi connectivity index (χ1) is 13.8. The number of benzene rings is 2. The van der Waals surface area contributed by atoms with Crippen molar-refractivity contribution in [1.82, 2.24) is 0 Å². The van der Waals surface area contributed by atoms with Gasteiger partial charge in [-0.15, -0.1) is 0 Å². The van der Waals surface area contributed by atoms with Crippen LogP contribution in [-0.2, 0) is 21.1 Å². The van der Waals surface area contributed by atoms with Gasteiger partial charge in [0.2, 0.25) is 0 Å². The van der Waals surface area contributed by atoms with Crippen molar-refractivity contribution in [3.05, 3.63) is 63.4 Å². The Bertz CT molecular complexity index is 1060. The van der Waals surface area contributed by atoms with E-state index < -0.39 is 32.1 Å². The molecule has 2 aromatic rings. The molecular weight excluding hydrogens is 427 g/mol. The average molecular weight is 453 g/mol. The van der Waals surface area contributed by atoms with E-state index in [1.54, 1.807) is 12.1 Å². The molecule has 0 saturated heterocycles. The second-order valence-corrected chi connectivity index (χ2v) is 10.4. The van der Waals surface area contributed by atoms with Crippen molar-refractivity contribution in [3.63, 3.8) is 0 Å². The summed E-state index contributed by atoms with van der Waals surface area (Å²) in [4.78, 5) is 23.7. The smallest absolute Gasteiger partial charge is 0.188 e. The molecular formula is C23H26ClFO4S. The molecule has 0 bridgehead atoms. The number of rotatable bonds is 8. The van der Waals surface area contributed by atoms with Crippen LogP contribution in [0.4, 0.5) is 4.39 Å². The normalized spacial score (nSPS) is 11.9. The second kappa shape index (κ2) is 9.40. The number of hydrogen-bond donors (Lipinski definition) is 0. The molecule has 0 N–H and O–H groups in total. The van der Waals surface area contributed by atoms with Gasteiger partial charge in [-0.1, -0.05) is 39.3 Å². The maximum Gasteiger partial charge on any atom is 0.188 e. The predicted octanol–water partition coefficient (Wildman–Crippen LogP) is 5.51. The van der Waals surface area contributed by atoms with E-state index in [0.29, 0.717) is 5.02 Å². The van der Waals surface area contributed by atoms with E-state index in [1.165, 1.54) is 13.0 Å². The lowest BCUT2D eigenvalue weighted by atomic mass is 9.86. The third kappa shape index (κ3) is 5.55. The van der Waals surface area contributed by atoms with Gasteiger partial charge in [0, 0.05) is 17.0 Å². The van der Waals surface area contributed by atoms with Crippen LogP contribution in [0.3, 0.4) is 0 Å². The van der Waals surface area contributed by atoms with Crippen molar-refractivity contribution in [2.45, 2.75) is 57.8 Å². The Balaban J connectivity index is 2.41. The quantitative estimate of drug-likeness (QED) is 0.495. The second-order valence-electron chi connectivity index (χ2n) is 8.05. The Kier molecular flexibility index (Phi) is 7.59. The van der Waals surface area contributed by atoms with E-state index in [2.05, 4.69) is 0 Å². The van der Waals surface area contributed by atoms with Crippen molar-refractivity contribution in [1.29, 1.82) is 0 Å². The minimum Gasteiger partial charge on any atom is -0.298 e. The van der Waals surface area contributed by atoms with Gasteiger partial charge >= 0.3 is 0 Å². The van der Waals surface area contributed by atoms with Crippen LogP contribution in [0.15, 0.2) is 35.2 Å². The van der Waals surface area contributed by atoms with E-state index in [0.717, 1.165) is 28.8 Å². The van der Waals surface area contributed by atoms with Crippen molar-refractivity contribution >= 4 is 33.0 Å². The third-order valence-electron chi connectivity index (χ3n) is 4.93. The van der Waals surface area contributed by atoms with Crippen LogP contribution in [0.1, 0.15) is 73.5 Å². The van der Waals surface area contributed by atoms with Gasteiger partial charge in [-0.2, -0.15) is 0 Å². The molecule has 0 saturated carbocycles. The fraction of sp³-hybridized carbons (Fsp3) is 0.391. The van der Waals surface area contributed by atoms with Crippen molar-refractivity contribution in [3.8, 4) is 0 Å². The van der Waals surface area contributed by atoms with Crippen molar-refractivity contribution in [2.24, 2.45) is 0 Å². The summed E-state index contributed by atoms with van der Waals surface area (Å²) in [5, 5.41) is 0.564. The molecule has 7 heteroatoms. The lowest BCUT2D eigenvalue weighted by Gasteiger charge is -2.20. The van der Waals surface area contributed by atoms with E-state index in [9.17, 15) is 22.4 Å². The summed E-state index contributed by atoms with van der Waals surface area (Å²) in [6.45, 7) is 9.16. The lowest BCUT2D eigenvalue weighted by Crippen LogP contribution is -2.21. The molecule has 4 nitrogen and oxygen atoms in total. The maximum atomic E-state index is 14.2. The van der Waals surface area contributed by atoms with Crippen LogP contribution in [-0.4, -0.2) is 25.7 Å². The van der Waals surface area contributed by atoms with E-state index in [1.807, 2.05) is 27.7 Å². The number of carbonyl (C=O) groups is 2. The van der Waals surface area contributed by atoms with Gasteiger partial charge in [0.05, 0.1) is 0 Å². The largest absolute Gasteiger partial charge is 0.298 e. The van der Waals surface area contributed by atoms with Gasteiger partial charge in [-0.25, -0.2) is 12.8 Å². The Morgan fingerprint density at radius 3 is 2.00 bits per heavy atom. The zero-order chi connectivity index (χ0) is 22.8. The third-order valence-corrected chi connectivity index (χ3v) is 6.83. The summed E-state index contributed by atoms with van der Waals surface area (Å²) in [5.74, 6) is -2.58. The molecule has 2 rings (SSSR count). The van der Waals surface area contributed by atoms with E-state index in [-0.39, 0.29) is 29.6 Å². The van der Waals surface area contributed by atoms with Crippen LogP contribution >= 0.6 is 11.6 Å². The molecule has 30 heavy (non-hydrogen) atoms. The minimum atomic E-state index is -4.24. The molecule has 0 aliphatic rings. The first kappa shape index (κ1) is 24.2. The molecule has 0 amide bonds. The molecule has 0 radical (unpaired) electrons. The highest BCUT2D eigenvalue weighted by molar-refractivity contribution is 7.92. The lowest BCUT2D eigenvalue weighted by molar-refractivity contribution is -0.116. The van der Waals surface area contributed by atoms with Crippen LogP contribution in [0.5, 0.6) is 0 Å². The van der Waals surface area contributed by atoms with E-state index in [4.69, 9.17) is 11.6 Å². The van der Waals surface area contributed by atoms with Crippen LogP contribution in [0, 0.1) is 5.82 Å². The monoisotopic (exact) mass is 452 g/mol. The SMILES string of the molecule is CC(=O)c1ccc(F)c(S(=O)(=O)CC(=O)Cc2c(C(C)C)cc(Cl)cc2C(C)C)c1. The van der Waals surface area contributed by atoms with Crippen molar-refractivity contribution in [2.75, 3.05) is 5.75 Å². The molecule has 0 atom stereocenters. The Labute approximate surface area is 182 Å². The fourth-order valence-corrected chi connectivity index (χ4v) is 5.00. The summed E-state index contributed by atoms with van der Waals surface area (Å²) in [6, 6.07) is 6.73. The predicted molar refractivity (Wildman–Crippen MR) is 117 cm³/mol. The Morgan fingerprint density at radius 2 is 1.53 bits per heavy atom.